The molecule has 1 fully saturated rings. The van der Waals surface area contributed by atoms with E-state index in [2.05, 4.69) is 15.5 Å². The minimum absolute atomic E-state index is 0.0151. The maximum atomic E-state index is 11.2. The Morgan fingerprint density at radius 2 is 2.12 bits per heavy atom. The molecule has 1 saturated heterocycles. The second-order valence-electron chi connectivity index (χ2n) is 3.31. The lowest BCUT2D eigenvalue weighted by Gasteiger charge is -1.90. The number of amidine groups is 1. The van der Waals surface area contributed by atoms with Gasteiger partial charge in [0.2, 0.25) is 5.91 Å². The number of nitrogens with zero attached hydrogens (tertiary/aromatic N) is 2. The summed E-state index contributed by atoms with van der Waals surface area (Å²) in [6, 6.07) is 9.68. The number of rotatable bonds is 2. The van der Waals surface area contributed by atoms with Gasteiger partial charge in [0.15, 0.2) is 5.17 Å². The molecule has 1 atom stereocenters. The molecule has 1 heterocycles. The lowest BCUT2D eigenvalue weighted by atomic mass is 10.2. The van der Waals surface area contributed by atoms with Crippen molar-refractivity contribution in [2.24, 2.45) is 10.2 Å². The van der Waals surface area contributed by atoms with Crippen LogP contribution < -0.4 is 5.32 Å². The van der Waals surface area contributed by atoms with Gasteiger partial charge in [0.05, 0.1) is 11.5 Å². The van der Waals surface area contributed by atoms with Crippen molar-refractivity contribution < 1.29 is 4.79 Å². The van der Waals surface area contributed by atoms with Crippen LogP contribution in [0, 0.1) is 0 Å². The van der Waals surface area contributed by atoms with Gasteiger partial charge in [-0.1, -0.05) is 42.1 Å². The largest absolute Gasteiger partial charge is 0.303 e. The second-order valence-corrected chi connectivity index (χ2v) is 4.64. The van der Waals surface area contributed by atoms with Crippen molar-refractivity contribution in [3.05, 3.63) is 35.9 Å². The predicted molar refractivity (Wildman–Crippen MR) is 66.7 cm³/mol. The van der Waals surface area contributed by atoms with Gasteiger partial charge in [-0.05, 0) is 12.5 Å². The highest BCUT2D eigenvalue weighted by molar-refractivity contribution is 8.15. The van der Waals surface area contributed by atoms with E-state index >= 15 is 0 Å². The van der Waals surface area contributed by atoms with E-state index in [1.807, 2.05) is 37.3 Å². The van der Waals surface area contributed by atoms with Gasteiger partial charge >= 0.3 is 0 Å². The summed E-state index contributed by atoms with van der Waals surface area (Å²) < 4.78 is 0. The molecule has 0 aromatic heterocycles. The number of hydrogen-bond donors (Lipinski definition) is 1. The first-order chi connectivity index (χ1) is 7.75. The van der Waals surface area contributed by atoms with E-state index in [4.69, 9.17) is 0 Å². The van der Waals surface area contributed by atoms with Gasteiger partial charge in [-0.3, -0.25) is 4.79 Å². The minimum Gasteiger partial charge on any atom is -0.303 e. The molecule has 1 unspecified atom stereocenters. The maximum absolute atomic E-state index is 11.2. The molecule has 0 spiro atoms. The van der Waals surface area contributed by atoms with Crippen LogP contribution in [0.25, 0.3) is 0 Å². The van der Waals surface area contributed by atoms with Gasteiger partial charge < -0.3 is 5.32 Å². The summed E-state index contributed by atoms with van der Waals surface area (Å²) in [6.07, 6.45) is 1.66. The molecule has 5 heteroatoms. The number of thioether (sulfide) groups is 1. The lowest BCUT2D eigenvalue weighted by molar-refractivity contribution is -0.118. The molecule has 1 aromatic rings. The highest BCUT2D eigenvalue weighted by Gasteiger charge is 2.25. The molecule has 0 saturated carbocycles. The van der Waals surface area contributed by atoms with Crippen LogP contribution in [0.15, 0.2) is 40.5 Å². The van der Waals surface area contributed by atoms with Crippen LogP contribution in [0.3, 0.4) is 0 Å². The highest BCUT2D eigenvalue weighted by atomic mass is 32.2. The summed E-state index contributed by atoms with van der Waals surface area (Å²) in [5, 5.41) is 11.0. The average Bonchev–Trinajstić information content (AvgIpc) is 2.60. The summed E-state index contributed by atoms with van der Waals surface area (Å²) in [5.41, 5.74) is 0.981. The zero-order valence-electron chi connectivity index (χ0n) is 8.75. The number of carbonyl (C=O) groups is 1. The van der Waals surface area contributed by atoms with Crippen molar-refractivity contribution in [1.82, 2.24) is 5.32 Å². The van der Waals surface area contributed by atoms with Crippen molar-refractivity contribution in [2.75, 3.05) is 0 Å². The van der Waals surface area contributed by atoms with Crippen molar-refractivity contribution in [2.45, 2.75) is 12.2 Å². The molecule has 1 aliphatic heterocycles. The average molecular weight is 233 g/mol. The molecule has 1 aliphatic rings. The summed E-state index contributed by atoms with van der Waals surface area (Å²) in [4.78, 5) is 11.2. The molecule has 1 aromatic carbocycles. The Kier molecular flexibility index (Phi) is 3.36. The third-order valence-electron chi connectivity index (χ3n) is 2.04. The van der Waals surface area contributed by atoms with Crippen LogP contribution >= 0.6 is 11.8 Å². The smallest absolute Gasteiger partial charge is 0.239 e. The minimum atomic E-state index is -0.0781. The highest BCUT2D eigenvalue weighted by Crippen LogP contribution is 2.18. The number of carbonyl (C=O) groups excluding carboxylic acids is 1. The number of amides is 1. The first-order valence-corrected chi connectivity index (χ1v) is 5.77. The molecular formula is C11H11N3OS. The maximum Gasteiger partial charge on any atom is 0.239 e. The Balaban J connectivity index is 2.00. The Morgan fingerprint density at radius 1 is 1.38 bits per heavy atom. The fourth-order valence-corrected chi connectivity index (χ4v) is 1.95. The van der Waals surface area contributed by atoms with Crippen molar-refractivity contribution in [1.29, 1.82) is 0 Å². The first-order valence-electron chi connectivity index (χ1n) is 4.89. The molecular weight excluding hydrogens is 222 g/mol. The van der Waals surface area contributed by atoms with Crippen LogP contribution in [0.5, 0.6) is 0 Å². The second kappa shape index (κ2) is 4.94. The van der Waals surface area contributed by atoms with Crippen molar-refractivity contribution in [3.63, 3.8) is 0 Å². The van der Waals surface area contributed by atoms with E-state index in [9.17, 15) is 4.79 Å². The SMILES string of the molecule is CC1S/C(=N/N=C/c2ccccc2)NC1=O. The Morgan fingerprint density at radius 3 is 2.75 bits per heavy atom. The summed E-state index contributed by atoms with van der Waals surface area (Å²) in [6.45, 7) is 1.84. The zero-order valence-corrected chi connectivity index (χ0v) is 9.57. The van der Waals surface area contributed by atoms with Gasteiger partial charge in [0.25, 0.3) is 0 Å². The number of benzene rings is 1. The van der Waals surface area contributed by atoms with E-state index in [0.717, 1.165) is 5.56 Å². The van der Waals surface area contributed by atoms with E-state index in [0.29, 0.717) is 5.17 Å². The Bertz CT molecular complexity index is 442. The van der Waals surface area contributed by atoms with E-state index in [1.54, 1.807) is 6.21 Å². The Hall–Kier alpha value is -1.62. The Labute approximate surface area is 97.8 Å². The molecule has 1 amide bonds. The van der Waals surface area contributed by atoms with E-state index in [-0.39, 0.29) is 11.2 Å². The molecule has 0 radical (unpaired) electrons. The van der Waals surface area contributed by atoms with E-state index < -0.39 is 0 Å². The molecule has 1 N–H and O–H groups in total. The fraction of sp³-hybridized carbons (Fsp3) is 0.182. The molecule has 16 heavy (non-hydrogen) atoms. The van der Waals surface area contributed by atoms with Crippen LogP contribution in [0.4, 0.5) is 0 Å². The molecule has 2 rings (SSSR count). The fourth-order valence-electron chi connectivity index (χ4n) is 1.19. The summed E-state index contributed by atoms with van der Waals surface area (Å²) >= 11 is 1.38. The van der Waals surface area contributed by atoms with E-state index in [1.165, 1.54) is 11.8 Å². The number of nitrogens with one attached hydrogen (secondary N) is 1. The normalized spacial score (nSPS) is 22.9. The third-order valence-corrected chi connectivity index (χ3v) is 3.02. The summed E-state index contributed by atoms with van der Waals surface area (Å²) in [5.74, 6) is -0.0151. The van der Waals surface area contributed by atoms with Gasteiger partial charge in [-0.2, -0.15) is 5.10 Å². The molecule has 0 bridgehead atoms. The third kappa shape index (κ3) is 2.70. The van der Waals surface area contributed by atoms with Crippen LogP contribution in [-0.2, 0) is 4.79 Å². The zero-order chi connectivity index (χ0) is 11.4. The predicted octanol–water partition coefficient (Wildman–Crippen LogP) is 1.63. The standard InChI is InChI=1S/C11H11N3OS/c1-8-10(15)13-11(16-8)14-12-7-9-5-3-2-4-6-9/h2-8H,1H3,(H,13,14,15)/b12-7+. The number of hydrogen-bond acceptors (Lipinski definition) is 4. The molecule has 4 nitrogen and oxygen atoms in total. The van der Waals surface area contributed by atoms with Crippen molar-refractivity contribution >= 4 is 29.1 Å². The first kappa shape index (κ1) is 10.9. The molecule has 0 aliphatic carbocycles. The van der Waals surface area contributed by atoms with Crippen molar-refractivity contribution in [3.8, 4) is 0 Å². The van der Waals surface area contributed by atoms with Gasteiger partial charge in [-0.15, -0.1) is 5.10 Å². The monoisotopic (exact) mass is 233 g/mol. The lowest BCUT2D eigenvalue weighted by Crippen LogP contribution is -2.23. The quantitative estimate of drug-likeness (QED) is 0.623. The van der Waals surface area contributed by atoms with Crippen LogP contribution in [-0.4, -0.2) is 22.5 Å². The van der Waals surface area contributed by atoms with Gasteiger partial charge in [-0.25, -0.2) is 0 Å². The topological polar surface area (TPSA) is 53.8 Å². The van der Waals surface area contributed by atoms with Crippen LogP contribution in [0.2, 0.25) is 0 Å². The van der Waals surface area contributed by atoms with Gasteiger partial charge in [0.1, 0.15) is 0 Å². The summed E-state index contributed by atoms with van der Waals surface area (Å²) in [7, 11) is 0. The molecule has 82 valence electrons. The van der Waals surface area contributed by atoms with Gasteiger partial charge in [0, 0.05) is 0 Å². The van der Waals surface area contributed by atoms with Crippen LogP contribution in [0.1, 0.15) is 12.5 Å².